The molecule has 3 aromatic heterocycles. The highest BCUT2D eigenvalue weighted by atomic mass is 16.5. The van der Waals surface area contributed by atoms with E-state index in [0.717, 1.165) is 28.4 Å². The van der Waals surface area contributed by atoms with Gasteiger partial charge in [-0.05, 0) is 45.0 Å². The molecular formula is C22H26N6O3. The van der Waals surface area contributed by atoms with Gasteiger partial charge in [0.15, 0.2) is 5.76 Å². The summed E-state index contributed by atoms with van der Waals surface area (Å²) >= 11 is 0. The van der Waals surface area contributed by atoms with Gasteiger partial charge in [0.05, 0.1) is 42.7 Å². The van der Waals surface area contributed by atoms with Crippen LogP contribution in [0.25, 0.3) is 11.3 Å². The summed E-state index contributed by atoms with van der Waals surface area (Å²) in [7, 11) is 0. The van der Waals surface area contributed by atoms with Gasteiger partial charge in [0, 0.05) is 18.5 Å². The standard InChI is InChI=1S/C22H26N6O3/c1-4-30-12-11-28-13-17(21(27-28)16-7-5-6-10-23-16)24-22(29)19-9-8-18(31-19)20-14(2)25-26-15(20)3/h5-10,17H,4,11-13H2,1-3H3,(H,24,29)(H,25,26). The van der Waals surface area contributed by atoms with E-state index in [4.69, 9.17) is 9.15 Å². The van der Waals surface area contributed by atoms with Crippen molar-refractivity contribution in [2.24, 2.45) is 5.10 Å². The molecule has 0 fully saturated rings. The number of carbonyl (C=O) groups is 1. The predicted octanol–water partition coefficient (Wildman–Crippen LogP) is 2.54. The molecule has 1 amide bonds. The highest BCUT2D eigenvalue weighted by molar-refractivity contribution is 6.06. The molecule has 1 atom stereocenters. The first kappa shape index (κ1) is 20.8. The molecule has 0 radical (unpaired) electrons. The van der Waals surface area contributed by atoms with Gasteiger partial charge in [-0.15, -0.1) is 0 Å². The second kappa shape index (κ2) is 9.13. The van der Waals surface area contributed by atoms with Gasteiger partial charge in [-0.3, -0.25) is 19.9 Å². The van der Waals surface area contributed by atoms with E-state index in [-0.39, 0.29) is 17.7 Å². The number of aryl methyl sites for hydroxylation is 2. The van der Waals surface area contributed by atoms with Crippen molar-refractivity contribution >= 4 is 11.6 Å². The molecule has 0 aliphatic carbocycles. The van der Waals surface area contributed by atoms with E-state index in [1.165, 1.54) is 0 Å². The molecule has 3 aromatic rings. The largest absolute Gasteiger partial charge is 0.451 e. The first-order chi connectivity index (χ1) is 15.1. The maximum absolute atomic E-state index is 13.0. The zero-order valence-corrected chi connectivity index (χ0v) is 17.9. The number of carbonyl (C=O) groups excluding carboxylic acids is 1. The number of rotatable bonds is 8. The first-order valence-corrected chi connectivity index (χ1v) is 10.3. The number of amides is 1. The van der Waals surface area contributed by atoms with E-state index < -0.39 is 0 Å². The minimum atomic E-state index is -0.310. The molecule has 0 aromatic carbocycles. The number of hydrogen-bond acceptors (Lipinski definition) is 7. The Morgan fingerprint density at radius 2 is 2.19 bits per heavy atom. The van der Waals surface area contributed by atoms with Crippen LogP contribution in [0, 0.1) is 13.8 Å². The second-order valence-corrected chi connectivity index (χ2v) is 7.31. The topological polar surface area (TPSA) is 109 Å². The van der Waals surface area contributed by atoms with E-state index >= 15 is 0 Å². The summed E-state index contributed by atoms with van der Waals surface area (Å²) in [6.45, 7) is 8.18. The van der Waals surface area contributed by atoms with Crippen molar-refractivity contribution in [3.8, 4) is 11.3 Å². The number of hydrazone groups is 1. The molecule has 4 rings (SSSR count). The molecule has 162 valence electrons. The first-order valence-electron chi connectivity index (χ1n) is 10.3. The number of pyridine rings is 1. The van der Waals surface area contributed by atoms with Gasteiger partial charge in [-0.2, -0.15) is 10.2 Å². The zero-order valence-electron chi connectivity index (χ0n) is 17.9. The van der Waals surface area contributed by atoms with Gasteiger partial charge in [0.1, 0.15) is 11.5 Å². The van der Waals surface area contributed by atoms with Crippen LogP contribution >= 0.6 is 0 Å². The van der Waals surface area contributed by atoms with Crippen LogP contribution < -0.4 is 5.32 Å². The van der Waals surface area contributed by atoms with Gasteiger partial charge in [-0.1, -0.05) is 6.07 Å². The van der Waals surface area contributed by atoms with Crippen molar-refractivity contribution in [2.75, 3.05) is 26.3 Å². The van der Waals surface area contributed by atoms with Crippen molar-refractivity contribution in [1.29, 1.82) is 0 Å². The fraction of sp³-hybridized carbons (Fsp3) is 0.364. The summed E-state index contributed by atoms with van der Waals surface area (Å²) < 4.78 is 11.3. The van der Waals surface area contributed by atoms with Gasteiger partial charge in [-0.25, -0.2) is 0 Å². The third-order valence-corrected chi connectivity index (χ3v) is 5.11. The van der Waals surface area contributed by atoms with Crippen LogP contribution in [0.3, 0.4) is 0 Å². The summed E-state index contributed by atoms with van der Waals surface area (Å²) in [5.74, 6) is 0.547. The zero-order chi connectivity index (χ0) is 21.8. The quantitative estimate of drug-likeness (QED) is 0.540. The van der Waals surface area contributed by atoms with Crippen LogP contribution in [0.15, 0.2) is 46.0 Å². The van der Waals surface area contributed by atoms with E-state index in [1.807, 2.05) is 44.0 Å². The molecule has 2 N–H and O–H groups in total. The number of aromatic amines is 1. The number of hydrogen-bond donors (Lipinski definition) is 2. The Morgan fingerprint density at radius 3 is 2.90 bits per heavy atom. The Labute approximate surface area is 180 Å². The minimum Gasteiger partial charge on any atom is -0.451 e. The fourth-order valence-electron chi connectivity index (χ4n) is 3.61. The molecule has 9 nitrogen and oxygen atoms in total. The van der Waals surface area contributed by atoms with Gasteiger partial charge in [0.2, 0.25) is 0 Å². The Bertz CT molecular complexity index is 1050. The predicted molar refractivity (Wildman–Crippen MR) is 116 cm³/mol. The van der Waals surface area contributed by atoms with Crippen LogP contribution in [-0.2, 0) is 4.74 Å². The Hall–Kier alpha value is -3.46. The van der Waals surface area contributed by atoms with Crippen molar-refractivity contribution in [3.05, 3.63) is 59.4 Å². The number of nitrogens with zero attached hydrogens (tertiary/aromatic N) is 4. The van der Waals surface area contributed by atoms with E-state index in [1.54, 1.807) is 18.3 Å². The molecule has 0 saturated carbocycles. The normalized spacial score (nSPS) is 15.9. The maximum Gasteiger partial charge on any atom is 0.287 e. The molecule has 0 saturated heterocycles. The highest BCUT2D eigenvalue weighted by Crippen LogP contribution is 2.27. The van der Waals surface area contributed by atoms with Crippen molar-refractivity contribution < 1.29 is 13.9 Å². The SMILES string of the molecule is CCOCCN1CC(NC(=O)c2ccc(-c3c(C)n[nH]c3C)o2)C(c2ccccn2)=N1. The third kappa shape index (κ3) is 4.51. The fourth-order valence-corrected chi connectivity index (χ4v) is 3.61. The van der Waals surface area contributed by atoms with E-state index in [2.05, 4.69) is 25.6 Å². The smallest absolute Gasteiger partial charge is 0.287 e. The average molecular weight is 422 g/mol. The summed E-state index contributed by atoms with van der Waals surface area (Å²) in [6.07, 6.45) is 1.72. The van der Waals surface area contributed by atoms with Crippen LogP contribution in [0.5, 0.6) is 0 Å². The second-order valence-electron chi connectivity index (χ2n) is 7.31. The molecule has 0 spiro atoms. The molecule has 1 aliphatic rings. The van der Waals surface area contributed by atoms with Gasteiger partial charge >= 0.3 is 0 Å². The minimum absolute atomic E-state index is 0.239. The van der Waals surface area contributed by atoms with E-state index in [0.29, 0.717) is 32.1 Å². The number of furan rings is 1. The highest BCUT2D eigenvalue weighted by Gasteiger charge is 2.31. The lowest BCUT2D eigenvalue weighted by atomic mass is 10.1. The van der Waals surface area contributed by atoms with Crippen LogP contribution in [0.1, 0.15) is 34.6 Å². The maximum atomic E-state index is 13.0. The molecule has 1 unspecified atom stereocenters. The monoisotopic (exact) mass is 422 g/mol. The number of ether oxygens (including phenoxy) is 1. The number of nitrogens with one attached hydrogen (secondary N) is 2. The molecule has 9 heteroatoms. The Kier molecular flexibility index (Phi) is 6.13. The van der Waals surface area contributed by atoms with Crippen molar-refractivity contribution in [1.82, 2.24) is 25.5 Å². The summed E-state index contributed by atoms with van der Waals surface area (Å²) in [5, 5.41) is 16.7. The van der Waals surface area contributed by atoms with Crippen LogP contribution in [0.2, 0.25) is 0 Å². The Morgan fingerprint density at radius 1 is 1.32 bits per heavy atom. The molecule has 1 aliphatic heterocycles. The summed E-state index contributed by atoms with van der Waals surface area (Å²) in [4.78, 5) is 17.4. The summed E-state index contributed by atoms with van der Waals surface area (Å²) in [6, 6.07) is 8.80. The van der Waals surface area contributed by atoms with Crippen molar-refractivity contribution in [2.45, 2.75) is 26.8 Å². The Balaban J connectivity index is 1.50. The van der Waals surface area contributed by atoms with Crippen LogP contribution in [-0.4, -0.2) is 64.2 Å². The molecule has 31 heavy (non-hydrogen) atoms. The van der Waals surface area contributed by atoms with Gasteiger partial charge < -0.3 is 14.5 Å². The molecule has 4 heterocycles. The van der Waals surface area contributed by atoms with Crippen LogP contribution in [0.4, 0.5) is 0 Å². The number of aromatic nitrogens is 3. The molecular weight excluding hydrogens is 396 g/mol. The lowest BCUT2D eigenvalue weighted by molar-refractivity contribution is 0.0909. The number of H-pyrrole nitrogens is 1. The average Bonchev–Trinajstić information content (AvgIpc) is 3.48. The lowest BCUT2D eigenvalue weighted by Crippen LogP contribution is -2.43. The summed E-state index contributed by atoms with van der Waals surface area (Å²) in [5.41, 5.74) is 4.04. The van der Waals surface area contributed by atoms with Crippen molar-refractivity contribution in [3.63, 3.8) is 0 Å². The lowest BCUT2D eigenvalue weighted by Gasteiger charge is -2.16. The molecule has 0 bridgehead atoms. The third-order valence-electron chi connectivity index (χ3n) is 5.11. The van der Waals surface area contributed by atoms with E-state index in [9.17, 15) is 4.79 Å². The van der Waals surface area contributed by atoms with Gasteiger partial charge in [0.25, 0.3) is 5.91 Å².